The van der Waals surface area contributed by atoms with Crippen LogP contribution in [0.25, 0.3) is 22.4 Å². The summed E-state index contributed by atoms with van der Waals surface area (Å²) >= 11 is 0. The van der Waals surface area contributed by atoms with Gasteiger partial charge in [0.1, 0.15) is 5.82 Å². The topological polar surface area (TPSA) is 76.2 Å². The van der Waals surface area contributed by atoms with Crippen LogP contribution in [0.3, 0.4) is 0 Å². The first-order valence-electron chi connectivity index (χ1n) is 7.85. The number of carbonyl (C=O) groups excluding carboxylic acids is 1. The van der Waals surface area contributed by atoms with E-state index >= 15 is 0 Å². The number of hydrogen-bond acceptors (Lipinski definition) is 4. The number of anilines is 1. The Hall–Kier alpha value is -2.70. The number of nitrogens with zero attached hydrogens (tertiary/aromatic N) is 1. The molecule has 2 N–H and O–H groups in total. The number of imidazole rings is 1. The highest BCUT2D eigenvalue weighted by Gasteiger charge is 2.22. The van der Waals surface area contributed by atoms with Crippen LogP contribution in [0.1, 0.15) is 0 Å². The Labute approximate surface area is 138 Å². The van der Waals surface area contributed by atoms with Crippen LogP contribution < -0.4 is 5.32 Å². The predicted octanol–water partition coefficient (Wildman–Crippen LogP) is 2.58. The molecular weight excluding hydrogens is 306 g/mol. The highest BCUT2D eigenvalue weighted by Crippen LogP contribution is 2.23. The molecule has 1 fully saturated rings. The van der Waals surface area contributed by atoms with E-state index in [2.05, 4.69) is 15.3 Å². The van der Waals surface area contributed by atoms with E-state index in [0.29, 0.717) is 18.9 Å². The van der Waals surface area contributed by atoms with Crippen molar-refractivity contribution in [2.45, 2.75) is 6.10 Å². The van der Waals surface area contributed by atoms with Crippen molar-refractivity contribution in [2.75, 3.05) is 25.1 Å². The first-order chi connectivity index (χ1) is 11.8. The zero-order valence-corrected chi connectivity index (χ0v) is 13.0. The standard InChI is InChI=1S/C18H17N3O3/c22-18(16-11-23-8-9-24-16)19-13-6-7-14-15(10-13)21-17(20-14)12-4-2-1-3-5-12/h1-7,10,16H,8-9,11H2,(H,19,22)(H,20,21)/t16-/m1/s1. The molecule has 0 unspecified atom stereocenters. The SMILES string of the molecule is O=C(Nc1ccc2nc(-c3ccccc3)[nH]c2c1)[C@H]1COCCO1. The van der Waals surface area contributed by atoms with Gasteiger partial charge in [-0.15, -0.1) is 0 Å². The molecule has 0 saturated carbocycles. The van der Waals surface area contributed by atoms with E-state index in [9.17, 15) is 4.79 Å². The normalized spacial score (nSPS) is 17.8. The molecular formula is C18H17N3O3. The zero-order chi connectivity index (χ0) is 16.4. The number of H-pyrrole nitrogens is 1. The van der Waals surface area contributed by atoms with Gasteiger partial charge in [-0.2, -0.15) is 0 Å². The van der Waals surface area contributed by atoms with Gasteiger partial charge in [-0.3, -0.25) is 4.79 Å². The van der Waals surface area contributed by atoms with Crippen molar-refractivity contribution in [3.05, 3.63) is 48.5 Å². The zero-order valence-electron chi connectivity index (χ0n) is 13.0. The molecule has 24 heavy (non-hydrogen) atoms. The molecule has 0 aliphatic carbocycles. The third kappa shape index (κ3) is 3.02. The number of amides is 1. The van der Waals surface area contributed by atoms with Crippen LogP contribution in [0.2, 0.25) is 0 Å². The summed E-state index contributed by atoms with van der Waals surface area (Å²) in [4.78, 5) is 20.1. The van der Waals surface area contributed by atoms with E-state index in [-0.39, 0.29) is 12.5 Å². The Morgan fingerprint density at radius 1 is 1.17 bits per heavy atom. The van der Waals surface area contributed by atoms with E-state index in [1.807, 2.05) is 48.5 Å². The summed E-state index contributed by atoms with van der Waals surface area (Å²) in [7, 11) is 0. The van der Waals surface area contributed by atoms with Crippen LogP contribution in [0.15, 0.2) is 48.5 Å². The molecule has 1 aliphatic heterocycles. The maximum Gasteiger partial charge on any atom is 0.255 e. The third-order valence-electron chi connectivity index (χ3n) is 3.91. The molecule has 1 amide bonds. The number of ether oxygens (including phenoxy) is 2. The van der Waals surface area contributed by atoms with Gasteiger partial charge in [0.2, 0.25) is 0 Å². The van der Waals surface area contributed by atoms with Gasteiger partial charge >= 0.3 is 0 Å². The summed E-state index contributed by atoms with van der Waals surface area (Å²) in [6.07, 6.45) is -0.559. The Morgan fingerprint density at radius 3 is 2.83 bits per heavy atom. The Kier molecular flexibility index (Phi) is 3.98. The first-order valence-corrected chi connectivity index (χ1v) is 7.85. The van der Waals surface area contributed by atoms with Crippen LogP contribution in [-0.2, 0) is 14.3 Å². The number of aromatic amines is 1. The molecule has 1 aromatic heterocycles. The number of aromatic nitrogens is 2. The lowest BCUT2D eigenvalue weighted by Crippen LogP contribution is -2.39. The summed E-state index contributed by atoms with van der Waals surface area (Å²) in [6.45, 7) is 1.26. The van der Waals surface area contributed by atoms with Gasteiger partial charge < -0.3 is 19.8 Å². The van der Waals surface area contributed by atoms with E-state index < -0.39 is 6.10 Å². The van der Waals surface area contributed by atoms with Gasteiger partial charge in [-0.25, -0.2) is 4.98 Å². The summed E-state index contributed by atoms with van der Waals surface area (Å²) in [5, 5.41) is 2.86. The van der Waals surface area contributed by atoms with Gasteiger partial charge in [0.25, 0.3) is 5.91 Å². The Morgan fingerprint density at radius 2 is 2.04 bits per heavy atom. The molecule has 4 rings (SSSR count). The molecule has 0 bridgehead atoms. The summed E-state index contributed by atoms with van der Waals surface area (Å²) in [5.41, 5.74) is 3.44. The van der Waals surface area contributed by atoms with Crippen LogP contribution in [0, 0.1) is 0 Å². The molecule has 0 radical (unpaired) electrons. The molecule has 6 nitrogen and oxygen atoms in total. The lowest BCUT2D eigenvalue weighted by Gasteiger charge is -2.22. The number of nitrogens with one attached hydrogen (secondary N) is 2. The van der Waals surface area contributed by atoms with E-state index in [0.717, 1.165) is 22.4 Å². The minimum atomic E-state index is -0.559. The van der Waals surface area contributed by atoms with Crippen molar-refractivity contribution in [3.8, 4) is 11.4 Å². The van der Waals surface area contributed by atoms with Crippen molar-refractivity contribution in [2.24, 2.45) is 0 Å². The molecule has 2 heterocycles. The van der Waals surface area contributed by atoms with Gasteiger partial charge in [0.15, 0.2) is 6.10 Å². The van der Waals surface area contributed by atoms with E-state index in [4.69, 9.17) is 9.47 Å². The molecule has 3 aromatic rings. The lowest BCUT2D eigenvalue weighted by atomic mass is 10.2. The summed E-state index contributed by atoms with van der Waals surface area (Å²) < 4.78 is 10.7. The molecule has 1 saturated heterocycles. The summed E-state index contributed by atoms with van der Waals surface area (Å²) in [6, 6.07) is 15.5. The first kappa shape index (κ1) is 14.9. The highest BCUT2D eigenvalue weighted by atomic mass is 16.6. The Balaban J connectivity index is 1.56. The number of hydrogen-bond donors (Lipinski definition) is 2. The fraction of sp³-hybridized carbons (Fsp3) is 0.222. The second kappa shape index (κ2) is 6.43. The minimum absolute atomic E-state index is 0.197. The molecule has 0 spiro atoms. The number of benzene rings is 2. The van der Waals surface area contributed by atoms with Gasteiger partial charge in [-0.1, -0.05) is 30.3 Å². The molecule has 6 heteroatoms. The maximum absolute atomic E-state index is 12.2. The average Bonchev–Trinajstić information content (AvgIpc) is 3.06. The van der Waals surface area contributed by atoms with Crippen molar-refractivity contribution >= 4 is 22.6 Å². The molecule has 1 atom stereocenters. The van der Waals surface area contributed by atoms with E-state index in [1.165, 1.54) is 0 Å². The molecule has 1 aliphatic rings. The quantitative estimate of drug-likeness (QED) is 0.777. The van der Waals surface area contributed by atoms with Crippen molar-refractivity contribution in [3.63, 3.8) is 0 Å². The molecule has 2 aromatic carbocycles. The van der Waals surface area contributed by atoms with Crippen LogP contribution in [-0.4, -0.2) is 41.8 Å². The van der Waals surface area contributed by atoms with Crippen LogP contribution >= 0.6 is 0 Å². The largest absolute Gasteiger partial charge is 0.376 e. The number of carbonyl (C=O) groups is 1. The number of rotatable bonds is 3. The smallest absolute Gasteiger partial charge is 0.255 e. The van der Waals surface area contributed by atoms with Gasteiger partial charge in [0.05, 0.1) is 30.9 Å². The fourth-order valence-corrected chi connectivity index (χ4v) is 2.68. The fourth-order valence-electron chi connectivity index (χ4n) is 2.68. The second-order valence-corrected chi connectivity index (χ2v) is 5.61. The van der Waals surface area contributed by atoms with E-state index in [1.54, 1.807) is 0 Å². The maximum atomic E-state index is 12.2. The number of fused-ring (bicyclic) bond motifs is 1. The highest BCUT2D eigenvalue weighted by molar-refractivity contribution is 5.96. The Bertz CT molecular complexity index is 854. The van der Waals surface area contributed by atoms with Crippen molar-refractivity contribution in [1.29, 1.82) is 0 Å². The third-order valence-corrected chi connectivity index (χ3v) is 3.91. The van der Waals surface area contributed by atoms with Gasteiger partial charge in [0, 0.05) is 11.3 Å². The summed E-state index contributed by atoms with van der Waals surface area (Å²) in [5.74, 6) is 0.606. The van der Waals surface area contributed by atoms with Crippen LogP contribution in [0.4, 0.5) is 5.69 Å². The predicted molar refractivity (Wildman–Crippen MR) is 90.7 cm³/mol. The molecule has 122 valence electrons. The monoisotopic (exact) mass is 323 g/mol. The minimum Gasteiger partial charge on any atom is -0.376 e. The second-order valence-electron chi connectivity index (χ2n) is 5.61. The van der Waals surface area contributed by atoms with Gasteiger partial charge in [-0.05, 0) is 18.2 Å². The van der Waals surface area contributed by atoms with Crippen molar-refractivity contribution in [1.82, 2.24) is 9.97 Å². The van der Waals surface area contributed by atoms with Crippen molar-refractivity contribution < 1.29 is 14.3 Å². The lowest BCUT2D eigenvalue weighted by molar-refractivity contribution is -0.142. The average molecular weight is 323 g/mol. The van der Waals surface area contributed by atoms with Crippen LogP contribution in [0.5, 0.6) is 0 Å².